The summed E-state index contributed by atoms with van der Waals surface area (Å²) in [6.07, 6.45) is 0. The zero-order chi connectivity index (χ0) is 35.8. The van der Waals surface area contributed by atoms with E-state index in [1.165, 1.54) is 71.6 Å². The van der Waals surface area contributed by atoms with Crippen molar-refractivity contribution in [3.8, 4) is 39.1 Å². The number of hydrogen-bond donors (Lipinski definition) is 0. The van der Waals surface area contributed by atoms with Crippen molar-refractivity contribution in [1.82, 2.24) is 4.57 Å². The molecule has 1 heterocycles. The molecule has 0 aliphatic heterocycles. The van der Waals surface area contributed by atoms with Gasteiger partial charge < -0.3 is 9.47 Å². The van der Waals surface area contributed by atoms with Crippen LogP contribution in [0.25, 0.3) is 71.6 Å². The fraction of sp³-hybridized carbons (Fsp3) is 0. The molecule has 2 nitrogen and oxygen atoms in total. The maximum atomic E-state index is 2.44. The maximum Gasteiger partial charge on any atom is 0.0547 e. The van der Waals surface area contributed by atoms with Gasteiger partial charge in [-0.1, -0.05) is 176 Å². The maximum absolute atomic E-state index is 2.44. The Bertz CT molecular complexity index is 2790. The first kappa shape index (κ1) is 31.6. The molecule has 0 atom stereocenters. The van der Waals surface area contributed by atoms with E-state index in [0.717, 1.165) is 17.1 Å². The second-order valence-electron chi connectivity index (χ2n) is 13.7. The molecule has 0 aliphatic rings. The number of rotatable bonds is 7. The van der Waals surface area contributed by atoms with Gasteiger partial charge in [-0.15, -0.1) is 0 Å². The van der Waals surface area contributed by atoms with Gasteiger partial charge in [-0.2, -0.15) is 0 Å². The standard InChI is InChI=1S/C52H36N2/c1-3-17-37(18-4-1)42-22-9-13-27-47(42)53(48-28-14-10-23-43(48)38-19-5-2-6-20-38)41-34-31-40(32-35-41)52-44-24-8-7-21-39(44)33-36-51(52)54-49-29-15-11-25-45(49)46-26-12-16-30-50(46)54/h1-36H. The number of fused-ring (bicyclic) bond motifs is 4. The molecule has 0 N–H and O–H groups in total. The van der Waals surface area contributed by atoms with Crippen LogP contribution in [0.2, 0.25) is 0 Å². The lowest BCUT2D eigenvalue weighted by atomic mass is 9.95. The van der Waals surface area contributed by atoms with Gasteiger partial charge in [0.2, 0.25) is 0 Å². The van der Waals surface area contributed by atoms with E-state index in [-0.39, 0.29) is 0 Å². The largest absolute Gasteiger partial charge is 0.309 e. The highest BCUT2D eigenvalue weighted by Gasteiger charge is 2.22. The Kier molecular flexibility index (Phi) is 7.85. The van der Waals surface area contributed by atoms with Crippen LogP contribution in [0.1, 0.15) is 0 Å². The minimum Gasteiger partial charge on any atom is -0.309 e. The van der Waals surface area contributed by atoms with Crippen LogP contribution in [0, 0.1) is 0 Å². The highest BCUT2D eigenvalue weighted by molar-refractivity contribution is 6.11. The Balaban J connectivity index is 1.20. The van der Waals surface area contributed by atoms with Gasteiger partial charge in [0.25, 0.3) is 0 Å². The molecule has 0 saturated carbocycles. The second-order valence-corrected chi connectivity index (χ2v) is 13.7. The monoisotopic (exact) mass is 688 g/mol. The van der Waals surface area contributed by atoms with E-state index in [0.29, 0.717) is 0 Å². The van der Waals surface area contributed by atoms with E-state index in [9.17, 15) is 0 Å². The number of hydrogen-bond acceptors (Lipinski definition) is 1. The molecule has 0 fully saturated rings. The minimum absolute atomic E-state index is 1.09. The second kappa shape index (κ2) is 13.4. The summed E-state index contributed by atoms with van der Waals surface area (Å²) in [4.78, 5) is 2.42. The molecular weight excluding hydrogens is 653 g/mol. The third-order valence-corrected chi connectivity index (χ3v) is 10.6. The fourth-order valence-electron chi connectivity index (χ4n) is 8.18. The van der Waals surface area contributed by atoms with Crippen LogP contribution in [0.4, 0.5) is 17.1 Å². The lowest BCUT2D eigenvalue weighted by molar-refractivity contribution is 1.19. The average molecular weight is 689 g/mol. The number of anilines is 3. The first-order valence-electron chi connectivity index (χ1n) is 18.5. The van der Waals surface area contributed by atoms with E-state index in [1.807, 2.05) is 0 Å². The van der Waals surface area contributed by atoms with Crippen LogP contribution in [-0.2, 0) is 0 Å². The van der Waals surface area contributed by atoms with Crippen LogP contribution >= 0.6 is 0 Å². The summed E-state index contributed by atoms with van der Waals surface area (Å²) < 4.78 is 2.44. The van der Waals surface area contributed by atoms with Gasteiger partial charge in [-0.3, -0.25) is 0 Å². The normalized spacial score (nSPS) is 11.3. The third-order valence-electron chi connectivity index (χ3n) is 10.6. The molecule has 10 rings (SSSR count). The zero-order valence-corrected chi connectivity index (χ0v) is 29.7. The van der Waals surface area contributed by atoms with E-state index >= 15 is 0 Å². The Morgan fingerprint density at radius 2 is 0.778 bits per heavy atom. The van der Waals surface area contributed by atoms with Gasteiger partial charge in [-0.25, -0.2) is 0 Å². The molecule has 0 saturated heterocycles. The number of benzene rings is 9. The molecule has 254 valence electrons. The van der Waals surface area contributed by atoms with Crippen molar-refractivity contribution < 1.29 is 0 Å². The summed E-state index contributed by atoms with van der Waals surface area (Å²) in [7, 11) is 0. The van der Waals surface area contributed by atoms with Gasteiger partial charge in [0.1, 0.15) is 0 Å². The van der Waals surface area contributed by atoms with E-state index < -0.39 is 0 Å². The summed E-state index contributed by atoms with van der Waals surface area (Å²) in [5.74, 6) is 0. The molecule has 0 unspecified atom stereocenters. The van der Waals surface area contributed by atoms with Crippen molar-refractivity contribution in [3.05, 3.63) is 218 Å². The molecule has 9 aromatic carbocycles. The molecule has 54 heavy (non-hydrogen) atoms. The molecule has 0 radical (unpaired) electrons. The molecule has 0 amide bonds. The predicted molar refractivity (Wildman–Crippen MR) is 229 cm³/mol. The van der Waals surface area contributed by atoms with Crippen LogP contribution in [-0.4, -0.2) is 4.57 Å². The van der Waals surface area contributed by atoms with Crippen LogP contribution in [0.5, 0.6) is 0 Å². The Labute approximate surface area is 315 Å². The summed E-state index contributed by atoms with van der Waals surface area (Å²) >= 11 is 0. The molecule has 10 aromatic rings. The van der Waals surface area contributed by atoms with Crippen molar-refractivity contribution in [1.29, 1.82) is 0 Å². The molecule has 2 heteroatoms. The van der Waals surface area contributed by atoms with Gasteiger partial charge in [0.15, 0.2) is 0 Å². The smallest absolute Gasteiger partial charge is 0.0547 e. The zero-order valence-electron chi connectivity index (χ0n) is 29.7. The van der Waals surface area contributed by atoms with Crippen molar-refractivity contribution in [2.75, 3.05) is 4.90 Å². The summed E-state index contributed by atoms with van der Waals surface area (Å²) in [6, 6.07) is 78.9. The summed E-state index contributed by atoms with van der Waals surface area (Å²) in [5, 5.41) is 4.96. The number of para-hydroxylation sites is 4. The lowest BCUT2D eigenvalue weighted by Crippen LogP contribution is -2.12. The molecular formula is C52H36N2. The molecule has 0 spiro atoms. The van der Waals surface area contributed by atoms with Crippen molar-refractivity contribution in [2.45, 2.75) is 0 Å². The third kappa shape index (κ3) is 5.36. The topological polar surface area (TPSA) is 8.17 Å². The lowest BCUT2D eigenvalue weighted by Gasteiger charge is -2.30. The van der Waals surface area contributed by atoms with Crippen LogP contribution in [0.3, 0.4) is 0 Å². The fourth-order valence-corrected chi connectivity index (χ4v) is 8.18. The predicted octanol–water partition coefficient (Wildman–Crippen LogP) is 14.4. The van der Waals surface area contributed by atoms with Crippen molar-refractivity contribution in [3.63, 3.8) is 0 Å². The Morgan fingerprint density at radius 1 is 0.315 bits per heavy atom. The van der Waals surface area contributed by atoms with Crippen LogP contribution in [0.15, 0.2) is 218 Å². The SMILES string of the molecule is c1ccc(-c2ccccc2N(c2ccc(-c3c(-n4c5ccccc5c5ccccc54)ccc4ccccc34)cc2)c2ccccc2-c2ccccc2)cc1. The molecule has 0 bridgehead atoms. The quantitative estimate of drug-likeness (QED) is 0.162. The molecule has 0 aliphatic carbocycles. The number of aromatic nitrogens is 1. The van der Waals surface area contributed by atoms with Crippen LogP contribution < -0.4 is 4.90 Å². The summed E-state index contributed by atoms with van der Waals surface area (Å²) in [5.41, 5.74) is 14.0. The van der Waals surface area contributed by atoms with Gasteiger partial charge in [0.05, 0.1) is 28.1 Å². The average Bonchev–Trinajstić information content (AvgIpc) is 3.59. The highest BCUT2D eigenvalue weighted by Crippen LogP contribution is 2.46. The van der Waals surface area contributed by atoms with Crippen molar-refractivity contribution >= 4 is 49.6 Å². The van der Waals surface area contributed by atoms with Gasteiger partial charge >= 0.3 is 0 Å². The Hall–Kier alpha value is -7.16. The van der Waals surface area contributed by atoms with E-state index in [2.05, 4.69) is 228 Å². The first-order valence-corrected chi connectivity index (χ1v) is 18.5. The molecule has 1 aromatic heterocycles. The summed E-state index contributed by atoms with van der Waals surface area (Å²) in [6.45, 7) is 0. The highest BCUT2D eigenvalue weighted by atomic mass is 15.1. The van der Waals surface area contributed by atoms with Gasteiger partial charge in [-0.05, 0) is 69.9 Å². The van der Waals surface area contributed by atoms with Gasteiger partial charge in [0, 0.05) is 33.2 Å². The van der Waals surface area contributed by atoms with E-state index in [1.54, 1.807) is 0 Å². The number of nitrogens with zero attached hydrogens (tertiary/aromatic N) is 2. The minimum atomic E-state index is 1.09. The van der Waals surface area contributed by atoms with E-state index in [4.69, 9.17) is 0 Å². The van der Waals surface area contributed by atoms with Crippen molar-refractivity contribution in [2.24, 2.45) is 0 Å². The Morgan fingerprint density at radius 3 is 1.35 bits per heavy atom. The first-order chi connectivity index (χ1) is 26.8.